The number of quaternary nitrogens is 1. The van der Waals surface area contributed by atoms with Crippen LogP contribution in [-0.4, -0.2) is 65.1 Å². The lowest BCUT2D eigenvalue weighted by Gasteiger charge is -2.32. The molecule has 1 unspecified atom stereocenters. The van der Waals surface area contributed by atoms with Gasteiger partial charge in [-0.25, -0.2) is 9.37 Å². The first-order valence-electron chi connectivity index (χ1n) is 12.6. The molecule has 41 heavy (non-hydrogen) atoms. The first-order valence-corrected chi connectivity index (χ1v) is 12.6. The zero-order valence-electron chi connectivity index (χ0n) is 21.9. The molecule has 4 heterocycles. The van der Waals surface area contributed by atoms with Crippen molar-refractivity contribution in [2.24, 2.45) is 21.7 Å². The smallest absolute Gasteiger partial charge is 0.375 e. The normalized spacial score (nSPS) is 22.0. The van der Waals surface area contributed by atoms with Crippen LogP contribution in [0, 0.1) is 11.7 Å². The van der Waals surface area contributed by atoms with Crippen LogP contribution in [0.5, 0.6) is 0 Å². The number of methoxy groups -OCH3 is 1. The minimum atomic E-state index is -4.62. The fourth-order valence-electron chi connectivity index (χ4n) is 5.03. The molecule has 0 saturated carbocycles. The van der Waals surface area contributed by atoms with Gasteiger partial charge in [-0.05, 0) is 43.2 Å². The molecule has 2 amide bonds. The van der Waals surface area contributed by atoms with Crippen LogP contribution in [0.4, 0.5) is 23.4 Å². The molecule has 5 rings (SSSR count). The van der Waals surface area contributed by atoms with Gasteiger partial charge < -0.3 is 15.0 Å². The predicted octanol–water partition coefficient (Wildman–Crippen LogP) is 3.59. The van der Waals surface area contributed by atoms with E-state index in [9.17, 15) is 22.8 Å². The maximum Gasteiger partial charge on any atom is 0.416 e. The van der Waals surface area contributed by atoms with E-state index in [1.807, 2.05) is 0 Å². The summed E-state index contributed by atoms with van der Waals surface area (Å²) < 4.78 is 59.1. The number of hydrogen-bond acceptors (Lipinski definition) is 7. The Morgan fingerprint density at radius 1 is 1.24 bits per heavy atom. The number of amides is 2. The van der Waals surface area contributed by atoms with Crippen molar-refractivity contribution in [3.63, 3.8) is 0 Å². The molecule has 1 aromatic carbocycles. The Hall–Kier alpha value is -4.27. The molecule has 0 radical (unpaired) electrons. The van der Waals surface area contributed by atoms with Gasteiger partial charge in [0.25, 0.3) is 11.7 Å². The molecule has 3 aliphatic rings. The number of nitrogens with one attached hydrogen (secondary N) is 1. The monoisotopic (exact) mass is 572 g/mol. The molecule has 3 aliphatic heterocycles. The summed E-state index contributed by atoms with van der Waals surface area (Å²) in [5, 5.41) is 2.26. The van der Waals surface area contributed by atoms with Gasteiger partial charge in [0.1, 0.15) is 30.1 Å². The van der Waals surface area contributed by atoms with Crippen LogP contribution >= 0.6 is 0 Å². The molecule has 2 aromatic rings. The number of nitrogens with zero attached hydrogens (tertiary/aromatic N) is 5. The van der Waals surface area contributed by atoms with Crippen molar-refractivity contribution >= 4 is 29.7 Å². The van der Waals surface area contributed by atoms with Crippen LogP contribution in [0.1, 0.15) is 34.3 Å². The quantitative estimate of drug-likeness (QED) is 0.311. The molecule has 1 saturated heterocycles. The van der Waals surface area contributed by atoms with E-state index in [2.05, 4.69) is 15.3 Å². The summed E-state index contributed by atoms with van der Waals surface area (Å²) in [4.78, 5) is 39.5. The average molecular weight is 573 g/mol. The topological polar surface area (TPSA) is 122 Å². The second kappa shape index (κ2) is 11.0. The molecule has 0 spiro atoms. The number of pyridine rings is 1. The number of carbonyl (C=O) groups excluding carboxylic acids is 2. The van der Waals surface area contributed by atoms with E-state index in [0.29, 0.717) is 30.5 Å². The van der Waals surface area contributed by atoms with Crippen molar-refractivity contribution in [2.75, 3.05) is 32.1 Å². The Morgan fingerprint density at radius 3 is 2.78 bits per heavy atom. The summed E-state index contributed by atoms with van der Waals surface area (Å²) in [5.41, 5.74) is 0.0165. The Kier molecular flexibility index (Phi) is 7.55. The number of amidine groups is 1. The largest absolute Gasteiger partial charge is 0.416 e. The van der Waals surface area contributed by atoms with Gasteiger partial charge in [-0.15, -0.1) is 4.59 Å². The molecular weight excluding hydrogens is 546 g/mol. The zero-order valence-corrected chi connectivity index (χ0v) is 21.9. The van der Waals surface area contributed by atoms with Crippen LogP contribution in [0.3, 0.4) is 0 Å². The standard InChI is InChI=1S/C27H25F4N7O3/c1-41-15-23(39)37-9-2-3-17(14-37)24-21-13-33-8-10-38(21,32)25(36-24)19-5-4-16(11-20(19)28)26(40)35-22-12-18(6-7-34-22)27(29,30)31/h4-8,10-13,17H,2-3,9,14-15,32H2,1H3/p+1/t17-,38?/m1/s1. The number of aliphatic imine (C=N–C) groups is 2. The number of anilines is 1. The van der Waals surface area contributed by atoms with Gasteiger partial charge in [0.15, 0.2) is 0 Å². The molecule has 0 bridgehead atoms. The summed E-state index contributed by atoms with van der Waals surface area (Å²) in [6.07, 6.45) is 2.35. The summed E-state index contributed by atoms with van der Waals surface area (Å²) in [5.74, 6) is 4.57. The highest BCUT2D eigenvalue weighted by Crippen LogP contribution is 2.38. The number of nitrogens with two attached hydrogens (primary N) is 1. The molecule has 1 fully saturated rings. The van der Waals surface area contributed by atoms with Crippen molar-refractivity contribution in [3.05, 3.63) is 82.8 Å². The van der Waals surface area contributed by atoms with Crippen LogP contribution in [0.25, 0.3) is 0 Å². The number of carbonyl (C=O) groups is 2. The lowest BCUT2D eigenvalue weighted by molar-refractivity contribution is -0.750. The highest BCUT2D eigenvalue weighted by molar-refractivity contribution is 6.05. The van der Waals surface area contributed by atoms with E-state index in [1.165, 1.54) is 25.4 Å². The first-order chi connectivity index (χ1) is 19.5. The second-order valence-corrected chi connectivity index (χ2v) is 9.75. The Balaban J connectivity index is 1.41. The summed E-state index contributed by atoms with van der Waals surface area (Å²) in [7, 11) is 1.45. The highest BCUT2D eigenvalue weighted by atomic mass is 19.4. The zero-order chi connectivity index (χ0) is 29.4. The number of rotatable bonds is 6. The van der Waals surface area contributed by atoms with Crippen molar-refractivity contribution in [1.82, 2.24) is 9.88 Å². The fraction of sp³-hybridized carbons (Fsp3) is 0.296. The predicted molar refractivity (Wildman–Crippen MR) is 140 cm³/mol. The Labute approximate surface area is 232 Å². The number of likely N-dealkylation sites (tertiary alicyclic amines) is 1. The van der Waals surface area contributed by atoms with Gasteiger partial charge in [0.2, 0.25) is 11.6 Å². The molecule has 10 nitrogen and oxygen atoms in total. The third-order valence-corrected chi connectivity index (χ3v) is 7.05. The SMILES string of the molecule is COCC(=O)N1CCC[C@@H](C2=C3C=NC=C[N+]3(N)C(c3ccc(C(=O)Nc4cc(C(F)(F)F)ccn4)cc3F)=N2)C1. The van der Waals surface area contributed by atoms with Gasteiger partial charge in [-0.1, -0.05) is 0 Å². The fourth-order valence-corrected chi connectivity index (χ4v) is 5.03. The van der Waals surface area contributed by atoms with Gasteiger partial charge in [0.05, 0.1) is 23.5 Å². The summed E-state index contributed by atoms with van der Waals surface area (Å²) in [6, 6.07) is 5.08. The van der Waals surface area contributed by atoms with Gasteiger partial charge in [-0.3, -0.25) is 14.6 Å². The molecule has 214 valence electrons. The number of ether oxygens (including phenoxy) is 1. The minimum Gasteiger partial charge on any atom is -0.375 e. The van der Waals surface area contributed by atoms with E-state index in [-0.39, 0.29) is 41.2 Å². The second-order valence-electron chi connectivity index (χ2n) is 9.75. The average Bonchev–Trinajstić information content (AvgIpc) is 3.25. The Morgan fingerprint density at radius 2 is 2.05 bits per heavy atom. The van der Waals surface area contributed by atoms with Crippen LogP contribution < -0.4 is 11.2 Å². The number of fused-ring (bicyclic) bond motifs is 1. The van der Waals surface area contributed by atoms with E-state index < -0.39 is 28.1 Å². The van der Waals surface area contributed by atoms with Gasteiger partial charge in [0, 0.05) is 37.9 Å². The highest BCUT2D eigenvalue weighted by Gasteiger charge is 2.47. The van der Waals surface area contributed by atoms with Crippen molar-refractivity contribution in [3.8, 4) is 0 Å². The minimum absolute atomic E-state index is 0.0248. The van der Waals surface area contributed by atoms with Crippen LogP contribution in [-0.2, 0) is 15.7 Å². The van der Waals surface area contributed by atoms with Crippen LogP contribution in [0.15, 0.2) is 70.3 Å². The van der Waals surface area contributed by atoms with E-state index in [4.69, 9.17) is 15.6 Å². The van der Waals surface area contributed by atoms with E-state index >= 15 is 4.39 Å². The van der Waals surface area contributed by atoms with E-state index in [0.717, 1.165) is 31.2 Å². The number of halogens is 4. The van der Waals surface area contributed by atoms with Crippen molar-refractivity contribution in [2.45, 2.75) is 19.0 Å². The molecule has 14 heteroatoms. The van der Waals surface area contributed by atoms with Gasteiger partial charge in [-0.2, -0.15) is 24.0 Å². The Bertz CT molecular complexity index is 1520. The lowest BCUT2D eigenvalue weighted by atomic mass is 9.93. The summed E-state index contributed by atoms with van der Waals surface area (Å²) >= 11 is 0. The number of alkyl halides is 3. The third-order valence-electron chi connectivity index (χ3n) is 7.05. The number of piperidine rings is 1. The number of hydrogen-bond donors (Lipinski definition) is 2. The van der Waals surface area contributed by atoms with E-state index in [1.54, 1.807) is 17.3 Å². The van der Waals surface area contributed by atoms with Crippen molar-refractivity contribution in [1.29, 1.82) is 0 Å². The third kappa shape index (κ3) is 5.53. The summed E-state index contributed by atoms with van der Waals surface area (Å²) in [6.45, 7) is 0.937. The number of benzene rings is 1. The molecular formula is C27H26F4N7O3+. The molecule has 1 aromatic heterocycles. The first kappa shape index (κ1) is 28.3. The number of aromatic nitrogens is 1. The lowest BCUT2D eigenvalue weighted by Crippen LogP contribution is -2.53. The molecule has 3 N–H and O–H groups in total. The number of allylic oxidation sites excluding steroid dienone is 1. The van der Waals surface area contributed by atoms with Crippen molar-refractivity contribution < 1.29 is 36.5 Å². The maximum absolute atomic E-state index is 15.5. The maximum atomic E-state index is 15.5. The van der Waals surface area contributed by atoms with Crippen LogP contribution in [0.2, 0.25) is 0 Å². The molecule has 2 atom stereocenters. The van der Waals surface area contributed by atoms with Gasteiger partial charge >= 0.3 is 6.18 Å². The molecule has 0 aliphatic carbocycles.